The quantitative estimate of drug-likeness (QED) is 0.761. The SMILES string of the molecule is O=C(NCCc1cccs1)C1CCN(c2nc3ccccc3o2)CC1. The number of nitrogens with one attached hydrogen (secondary N) is 1. The zero-order chi connectivity index (χ0) is 17.1. The van der Waals surface area contributed by atoms with Crippen molar-refractivity contribution in [3.05, 3.63) is 46.7 Å². The number of aromatic nitrogens is 1. The van der Waals surface area contributed by atoms with Crippen LogP contribution in [0.1, 0.15) is 17.7 Å². The normalized spacial score (nSPS) is 15.6. The maximum atomic E-state index is 12.3. The first-order valence-electron chi connectivity index (χ1n) is 8.70. The summed E-state index contributed by atoms with van der Waals surface area (Å²) in [5.74, 6) is 0.262. The molecule has 0 saturated carbocycles. The summed E-state index contributed by atoms with van der Waals surface area (Å²) >= 11 is 1.73. The molecule has 5 nitrogen and oxygen atoms in total. The molecule has 1 aliphatic rings. The van der Waals surface area contributed by atoms with Gasteiger partial charge in [0.1, 0.15) is 5.52 Å². The molecule has 0 unspecified atom stereocenters. The van der Waals surface area contributed by atoms with Crippen LogP contribution >= 0.6 is 11.3 Å². The summed E-state index contributed by atoms with van der Waals surface area (Å²) in [6.45, 7) is 2.32. The molecular formula is C19H21N3O2S. The zero-order valence-corrected chi connectivity index (χ0v) is 14.8. The van der Waals surface area contributed by atoms with Crippen molar-refractivity contribution in [2.24, 2.45) is 5.92 Å². The summed E-state index contributed by atoms with van der Waals surface area (Å²) in [5.41, 5.74) is 1.69. The smallest absolute Gasteiger partial charge is 0.298 e. The number of anilines is 1. The Morgan fingerprint density at radius 1 is 1.24 bits per heavy atom. The van der Waals surface area contributed by atoms with Gasteiger partial charge < -0.3 is 14.6 Å². The molecule has 0 aliphatic carbocycles. The number of para-hydroxylation sites is 2. The lowest BCUT2D eigenvalue weighted by molar-refractivity contribution is -0.125. The molecule has 1 aromatic carbocycles. The van der Waals surface area contributed by atoms with E-state index >= 15 is 0 Å². The van der Waals surface area contributed by atoms with Crippen molar-refractivity contribution in [2.45, 2.75) is 19.3 Å². The van der Waals surface area contributed by atoms with E-state index in [9.17, 15) is 4.79 Å². The zero-order valence-electron chi connectivity index (χ0n) is 14.0. The summed E-state index contributed by atoms with van der Waals surface area (Å²) in [6.07, 6.45) is 2.58. The van der Waals surface area contributed by atoms with E-state index < -0.39 is 0 Å². The minimum Gasteiger partial charge on any atom is -0.423 e. The average molecular weight is 355 g/mol. The number of hydrogen-bond donors (Lipinski definition) is 1. The summed E-state index contributed by atoms with van der Waals surface area (Å²) in [7, 11) is 0. The highest BCUT2D eigenvalue weighted by atomic mass is 32.1. The lowest BCUT2D eigenvalue weighted by Gasteiger charge is -2.30. The van der Waals surface area contributed by atoms with Gasteiger partial charge in [0.05, 0.1) is 0 Å². The molecule has 1 aliphatic heterocycles. The van der Waals surface area contributed by atoms with Crippen molar-refractivity contribution >= 4 is 34.4 Å². The van der Waals surface area contributed by atoms with Crippen LogP contribution in [-0.4, -0.2) is 30.5 Å². The number of thiophene rings is 1. The molecule has 25 heavy (non-hydrogen) atoms. The van der Waals surface area contributed by atoms with Crippen LogP contribution in [0.4, 0.5) is 6.01 Å². The van der Waals surface area contributed by atoms with Crippen LogP contribution in [0.3, 0.4) is 0 Å². The molecule has 3 heterocycles. The van der Waals surface area contributed by atoms with Crippen LogP contribution in [-0.2, 0) is 11.2 Å². The molecule has 130 valence electrons. The standard InChI is InChI=1S/C19H21N3O2S/c23-18(20-10-7-15-4-3-13-25-15)14-8-11-22(12-9-14)19-21-16-5-1-2-6-17(16)24-19/h1-6,13-14H,7-12H2,(H,20,23). The average Bonchev–Trinajstić information content (AvgIpc) is 3.31. The van der Waals surface area contributed by atoms with Crippen molar-refractivity contribution in [3.63, 3.8) is 0 Å². The highest BCUT2D eigenvalue weighted by Crippen LogP contribution is 2.26. The Balaban J connectivity index is 1.28. The summed E-state index contributed by atoms with van der Waals surface area (Å²) in [6, 6.07) is 12.6. The van der Waals surface area contributed by atoms with E-state index in [1.165, 1.54) is 4.88 Å². The number of piperidine rings is 1. The van der Waals surface area contributed by atoms with Gasteiger partial charge in [0.15, 0.2) is 5.58 Å². The minimum atomic E-state index is 0.0870. The van der Waals surface area contributed by atoms with Gasteiger partial charge in [0.2, 0.25) is 5.91 Å². The fourth-order valence-electron chi connectivity index (χ4n) is 3.24. The van der Waals surface area contributed by atoms with E-state index in [1.54, 1.807) is 11.3 Å². The summed E-state index contributed by atoms with van der Waals surface area (Å²) in [4.78, 5) is 20.3. The second-order valence-electron chi connectivity index (χ2n) is 6.35. The van der Waals surface area contributed by atoms with Crippen molar-refractivity contribution in [3.8, 4) is 0 Å². The Bertz CT molecular complexity index is 802. The van der Waals surface area contributed by atoms with Crippen molar-refractivity contribution in [1.29, 1.82) is 0 Å². The Kier molecular flexibility index (Phi) is 4.70. The van der Waals surface area contributed by atoms with Crippen LogP contribution in [0.2, 0.25) is 0 Å². The number of oxazole rings is 1. The second-order valence-corrected chi connectivity index (χ2v) is 7.38. The van der Waals surface area contributed by atoms with Crippen molar-refractivity contribution in [1.82, 2.24) is 10.3 Å². The molecule has 1 saturated heterocycles. The number of carbonyl (C=O) groups is 1. The molecule has 0 spiro atoms. The molecule has 0 atom stereocenters. The Morgan fingerprint density at radius 2 is 2.08 bits per heavy atom. The highest BCUT2D eigenvalue weighted by Gasteiger charge is 2.27. The van der Waals surface area contributed by atoms with Gasteiger partial charge in [-0.15, -0.1) is 11.3 Å². The molecule has 2 aromatic heterocycles. The van der Waals surface area contributed by atoms with E-state index in [1.807, 2.05) is 30.3 Å². The molecule has 1 N–H and O–H groups in total. The fraction of sp³-hybridized carbons (Fsp3) is 0.368. The van der Waals surface area contributed by atoms with Gasteiger partial charge in [-0.25, -0.2) is 0 Å². The predicted molar refractivity (Wildman–Crippen MR) is 100.0 cm³/mol. The van der Waals surface area contributed by atoms with Gasteiger partial charge in [-0.05, 0) is 42.8 Å². The number of hydrogen-bond acceptors (Lipinski definition) is 5. The van der Waals surface area contributed by atoms with Gasteiger partial charge in [0.25, 0.3) is 6.01 Å². The summed E-state index contributed by atoms with van der Waals surface area (Å²) in [5, 5.41) is 5.15. The van der Waals surface area contributed by atoms with Gasteiger partial charge >= 0.3 is 0 Å². The van der Waals surface area contributed by atoms with Crippen LogP contribution in [0, 0.1) is 5.92 Å². The summed E-state index contributed by atoms with van der Waals surface area (Å²) < 4.78 is 5.82. The van der Waals surface area contributed by atoms with Crippen LogP contribution in [0.5, 0.6) is 0 Å². The third-order valence-corrected chi connectivity index (χ3v) is 5.61. The van der Waals surface area contributed by atoms with Crippen molar-refractivity contribution < 1.29 is 9.21 Å². The van der Waals surface area contributed by atoms with Crippen LogP contribution in [0.15, 0.2) is 46.2 Å². The van der Waals surface area contributed by atoms with Crippen LogP contribution in [0.25, 0.3) is 11.1 Å². The Morgan fingerprint density at radius 3 is 2.84 bits per heavy atom. The van der Waals surface area contributed by atoms with Crippen LogP contribution < -0.4 is 10.2 Å². The molecule has 0 bridgehead atoms. The highest BCUT2D eigenvalue weighted by molar-refractivity contribution is 7.09. The lowest BCUT2D eigenvalue weighted by Crippen LogP contribution is -2.41. The predicted octanol–water partition coefficient (Wildman–Crippen LogP) is 3.46. The number of carbonyl (C=O) groups excluding carboxylic acids is 1. The van der Waals surface area contributed by atoms with E-state index in [4.69, 9.17) is 4.42 Å². The first-order valence-corrected chi connectivity index (χ1v) is 9.58. The molecule has 1 amide bonds. The number of nitrogens with zero attached hydrogens (tertiary/aromatic N) is 2. The minimum absolute atomic E-state index is 0.0870. The van der Waals surface area contributed by atoms with Gasteiger partial charge in [-0.2, -0.15) is 4.98 Å². The third-order valence-electron chi connectivity index (χ3n) is 4.67. The molecule has 6 heteroatoms. The van der Waals surface area contributed by atoms with Gasteiger partial charge in [0, 0.05) is 30.4 Å². The monoisotopic (exact) mass is 355 g/mol. The Hall–Kier alpha value is -2.34. The molecule has 3 aromatic rings. The second kappa shape index (κ2) is 7.27. The number of rotatable bonds is 5. The molecule has 4 rings (SSSR count). The maximum Gasteiger partial charge on any atom is 0.298 e. The molecule has 1 fully saturated rings. The van der Waals surface area contributed by atoms with E-state index in [0.717, 1.165) is 43.5 Å². The first-order chi connectivity index (χ1) is 12.3. The fourth-order valence-corrected chi connectivity index (χ4v) is 3.95. The van der Waals surface area contributed by atoms with Crippen molar-refractivity contribution in [2.75, 3.05) is 24.5 Å². The number of amides is 1. The van der Waals surface area contributed by atoms with Gasteiger partial charge in [-0.3, -0.25) is 4.79 Å². The lowest BCUT2D eigenvalue weighted by atomic mass is 9.96. The third kappa shape index (κ3) is 3.69. The Labute approximate surface area is 150 Å². The first kappa shape index (κ1) is 16.1. The topological polar surface area (TPSA) is 58.4 Å². The van der Waals surface area contributed by atoms with Gasteiger partial charge in [-0.1, -0.05) is 18.2 Å². The number of fused-ring (bicyclic) bond motifs is 1. The van der Waals surface area contributed by atoms with E-state index in [2.05, 4.69) is 26.6 Å². The maximum absolute atomic E-state index is 12.3. The largest absolute Gasteiger partial charge is 0.423 e. The molecule has 0 radical (unpaired) electrons. The number of benzene rings is 1. The van der Waals surface area contributed by atoms with E-state index in [0.29, 0.717) is 12.6 Å². The van der Waals surface area contributed by atoms with E-state index in [-0.39, 0.29) is 11.8 Å². The molecular weight excluding hydrogens is 334 g/mol.